The highest BCUT2D eigenvalue weighted by Crippen LogP contribution is 2.52. The Hall–Kier alpha value is -6.18. The van der Waals surface area contributed by atoms with E-state index in [4.69, 9.17) is 0 Å². The second kappa shape index (κ2) is 14.0. The van der Waals surface area contributed by atoms with Gasteiger partial charge in [0, 0.05) is 22.4 Å². The summed E-state index contributed by atoms with van der Waals surface area (Å²) in [4.78, 5) is 2.46. The summed E-state index contributed by atoms with van der Waals surface area (Å²) < 4.78 is 0. The average molecular weight is 752 g/mol. The summed E-state index contributed by atoms with van der Waals surface area (Å²) in [6, 6.07) is 65.4. The molecule has 8 aromatic carbocycles. The van der Waals surface area contributed by atoms with Crippen LogP contribution in [0.4, 0.5) is 17.1 Å². The number of fused-ring (bicyclic) bond motifs is 4. The first kappa shape index (κ1) is 37.4. The second-order valence-corrected chi connectivity index (χ2v) is 18.6. The minimum absolute atomic E-state index is 0.0450. The fraction of sp³-hybridized carbons (Fsp3) is 0.193. The molecular formula is C57H53N. The number of hydrogen-bond acceptors (Lipinski definition) is 1. The molecule has 286 valence electrons. The average Bonchev–Trinajstić information content (AvgIpc) is 3.46. The van der Waals surface area contributed by atoms with Gasteiger partial charge in [-0.2, -0.15) is 0 Å². The van der Waals surface area contributed by atoms with Crippen molar-refractivity contribution in [1.82, 2.24) is 0 Å². The molecule has 0 bridgehead atoms. The molecule has 0 aliphatic heterocycles. The van der Waals surface area contributed by atoms with Gasteiger partial charge in [-0.25, -0.2) is 0 Å². The lowest BCUT2D eigenvalue weighted by Crippen LogP contribution is -2.17. The van der Waals surface area contributed by atoms with Crippen LogP contribution in [0.25, 0.3) is 55.3 Å². The summed E-state index contributed by atoms with van der Waals surface area (Å²) >= 11 is 0. The van der Waals surface area contributed by atoms with Gasteiger partial charge >= 0.3 is 0 Å². The molecule has 0 radical (unpaired) electrons. The van der Waals surface area contributed by atoms with E-state index in [1.54, 1.807) is 0 Å². The maximum Gasteiger partial charge on any atom is 0.0540 e. The molecule has 0 fully saturated rings. The highest BCUT2D eigenvalue weighted by atomic mass is 15.1. The van der Waals surface area contributed by atoms with Gasteiger partial charge in [-0.15, -0.1) is 0 Å². The zero-order valence-electron chi connectivity index (χ0n) is 35.2. The number of hydrogen-bond donors (Lipinski definition) is 0. The Morgan fingerprint density at radius 2 is 0.879 bits per heavy atom. The van der Waals surface area contributed by atoms with Gasteiger partial charge in [-0.1, -0.05) is 201 Å². The Labute approximate surface area is 345 Å². The van der Waals surface area contributed by atoms with Crippen molar-refractivity contribution < 1.29 is 0 Å². The number of nitrogens with zero attached hydrogens (tertiary/aromatic N) is 1. The molecule has 0 aromatic heterocycles. The maximum atomic E-state index is 2.46. The van der Waals surface area contributed by atoms with E-state index in [1.165, 1.54) is 77.5 Å². The zero-order valence-corrected chi connectivity index (χ0v) is 35.2. The van der Waals surface area contributed by atoms with Gasteiger partial charge in [0.2, 0.25) is 0 Å². The van der Waals surface area contributed by atoms with Crippen LogP contribution < -0.4 is 4.90 Å². The molecule has 1 aliphatic rings. The summed E-state index contributed by atoms with van der Waals surface area (Å²) in [7, 11) is 0. The van der Waals surface area contributed by atoms with Crippen molar-refractivity contribution >= 4 is 27.8 Å². The van der Waals surface area contributed by atoms with Crippen LogP contribution in [0.3, 0.4) is 0 Å². The second-order valence-electron chi connectivity index (χ2n) is 18.6. The lowest BCUT2D eigenvalue weighted by molar-refractivity contribution is 0.591. The molecule has 0 spiro atoms. The predicted molar refractivity (Wildman–Crippen MR) is 250 cm³/mol. The van der Waals surface area contributed by atoms with Crippen LogP contribution in [0.15, 0.2) is 176 Å². The highest BCUT2D eigenvalue weighted by Gasteiger charge is 2.36. The van der Waals surface area contributed by atoms with Crippen LogP contribution in [-0.2, 0) is 16.2 Å². The van der Waals surface area contributed by atoms with Crippen molar-refractivity contribution in [2.75, 3.05) is 4.90 Å². The molecule has 58 heavy (non-hydrogen) atoms. The lowest BCUT2D eigenvalue weighted by Gasteiger charge is -2.31. The van der Waals surface area contributed by atoms with Gasteiger partial charge in [0.15, 0.2) is 0 Å². The molecule has 0 heterocycles. The third-order valence-corrected chi connectivity index (χ3v) is 12.3. The maximum absolute atomic E-state index is 2.46. The molecule has 1 nitrogen and oxygen atoms in total. The van der Waals surface area contributed by atoms with E-state index < -0.39 is 0 Å². The van der Waals surface area contributed by atoms with Crippen LogP contribution in [0.5, 0.6) is 0 Å². The number of rotatable bonds is 6. The molecule has 0 unspecified atom stereocenters. The highest BCUT2D eigenvalue weighted by molar-refractivity contribution is 6.09. The summed E-state index contributed by atoms with van der Waals surface area (Å²) in [6.07, 6.45) is 0. The molecular weight excluding hydrogens is 699 g/mol. The van der Waals surface area contributed by atoms with Crippen molar-refractivity contribution in [2.24, 2.45) is 0 Å². The fourth-order valence-corrected chi connectivity index (χ4v) is 9.44. The van der Waals surface area contributed by atoms with Gasteiger partial charge < -0.3 is 4.90 Å². The van der Waals surface area contributed by atoms with E-state index in [-0.39, 0.29) is 16.2 Å². The van der Waals surface area contributed by atoms with E-state index in [0.717, 1.165) is 17.1 Å². The van der Waals surface area contributed by atoms with Gasteiger partial charge in [0.25, 0.3) is 0 Å². The van der Waals surface area contributed by atoms with Gasteiger partial charge in [-0.3, -0.25) is 0 Å². The molecule has 8 aromatic rings. The molecule has 0 saturated carbocycles. The Balaban J connectivity index is 1.28. The van der Waals surface area contributed by atoms with E-state index in [9.17, 15) is 0 Å². The molecule has 0 saturated heterocycles. The summed E-state index contributed by atoms with van der Waals surface area (Å²) in [6.45, 7) is 18.8. The molecule has 1 aliphatic carbocycles. The van der Waals surface area contributed by atoms with E-state index in [1.807, 2.05) is 0 Å². The summed E-state index contributed by atoms with van der Waals surface area (Å²) in [5, 5.41) is 2.59. The topological polar surface area (TPSA) is 3.24 Å². The Morgan fingerprint density at radius 3 is 1.48 bits per heavy atom. The third kappa shape index (κ3) is 6.34. The standard InChI is InChI=1S/C57H53N/c1-55(2,3)48-35-29-41-30-36-49(56(4,5)6)53(54(41)52(48)39-21-13-10-14-22-39)40-27-31-42(32-28-40)58(51-26-18-16-23-44(51)38-19-11-9-12-20-38)43-33-34-46-45-24-15-17-25-47(45)57(7,8)50(46)37-43/h9-37H,1-8H3. The van der Waals surface area contributed by atoms with E-state index in [2.05, 4.69) is 236 Å². The predicted octanol–water partition coefficient (Wildman–Crippen LogP) is 16.2. The third-order valence-electron chi connectivity index (χ3n) is 12.3. The lowest BCUT2D eigenvalue weighted by atomic mass is 9.75. The Bertz CT molecular complexity index is 2790. The Kier molecular flexibility index (Phi) is 9.05. The first-order valence-corrected chi connectivity index (χ1v) is 20.8. The van der Waals surface area contributed by atoms with Crippen LogP contribution in [0.2, 0.25) is 0 Å². The van der Waals surface area contributed by atoms with Crippen LogP contribution in [-0.4, -0.2) is 0 Å². The zero-order chi connectivity index (χ0) is 40.4. The van der Waals surface area contributed by atoms with Gasteiger partial charge in [-0.05, 0) is 113 Å². The molecule has 9 rings (SSSR count). The Morgan fingerprint density at radius 1 is 0.397 bits per heavy atom. The van der Waals surface area contributed by atoms with Crippen LogP contribution in [0.1, 0.15) is 77.6 Å². The molecule has 0 amide bonds. The number of benzene rings is 8. The van der Waals surface area contributed by atoms with Gasteiger partial charge in [0.1, 0.15) is 0 Å². The molecule has 0 N–H and O–H groups in total. The first-order chi connectivity index (χ1) is 27.8. The SMILES string of the molecule is CC(C)(C)c1ccc2ccc(C(C)(C)C)c(-c3ccc(N(c4ccc5c(c4)C(C)(C)c4ccccc4-5)c4ccccc4-c4ccccc4)cc3)c2c1-c1ccccc1. The van der Waals surface area contributed by atoms with Crippen molar-refractivity contribution in [2.45, 2.75) is 71.6 Å². The minimum Gasteiger partial charge on any atom is -0.310 e. The fourth-order valence-electron chi connectivity index (χ4n) is 9.44. The normalized spacial score (nSPS) is 13.3. The molecule has 0 atom stereocenters. The summed E-state index contributed by atoms with van der Waals surface area (Å²) in [5.41, 5.74) is 18.8. The molecule has 1 heteroatoms. The monoisotopic (exact) mass is 751 g/mol. The van der Waals surface area contributed by atoms with E-state index in [0.29, 0.717) is 0 Å². The van der Waals surface area contributed by atoms with Crippen molar-refractivity contribution in [3.63, 3.8) is 0 Å². The largest absolute Gasteiger partial charge is 0.310 e. The first-order valence-electron chi connectivity index (χ1n) is 20.8. The summed E-state index contributed by atoms with van der Waals surface area (Å²) in [5.74, 6) is 0. The van der Waals surface area contributed by atoms with Crippen molar-refractivity contribution in [3.8, 4) is 44.5 Å². The van der Waals surface area contributed by atoms with Crippen LogP contribution in [0, 0.1) is 0 Å². The number of anilines is 3. The van der Waals surface area contributed by atoms with Crippen molar-refractivity contribution in [3.05, 3.63) is 198 Å². The van der Waals surface area contributed by atoms with Crippen molar-refractivity contribution in [1.29, 1.82) is 0 Å². The number of para-hydroxylation sites is 1. The quantitative estimate of drug-likeness (QED) is 0.164. The smallest absolute Gasteiger partial charge is 0.0540 e. The van der Waals surface area contributed by atoms with Gasteiger partial charge in [0.05, 0.1) is 5.69 Å². The van der Waals surface area contributed by atoms with Crippen LogP contribution >= 0.6 is 0 Å². The van der Waals surface area contributed by atoms with E-state index >= 15 is 0 Å². The minimum atomic E-state index is -0.115.